The number of nitrogen functional groups attached to an aromatic ring is 1. The van der Waals surface area contributed by atoms with Crippen molar-refractivity contribution < 1.29 is 19.1 Å². The Hall–Kier alpha value is -3.10. The van der Waals surface area contributed by atoms with E-state index in [4.69, 9.17) is 15.9 Å². The molecule has 1 aliphatic heterocycles. The average molecular weight is 418 g/mol. The van der Waals surface area contributed by atoms with Crippen LogP contribution in [0.3, 0.4) is 0 Å². The highest BCUT2D eigenvalue weighted by molar-refractivity contribution is 5.95. The van der Waals surface area contributed by atoms with Gasteiger partial charge in [0.05, 0.1) is 13.0 Å². The number of aldehydes is 1. The van der Waals surface area contributed by atoms with E-state index in [2.05, 4.69) is 10.6 Å². The Balaban J connectivity index is 1.74. The molecule has 0 spiro atoms. The zero-order chi connectivity index (χ0) is 22.0. The lowest BCUT2D eigenvalue weighted by molar-refractivity contribution is -0.142. The Bertz CT molecular complexity index is 742. The number of hydrogen-bond donors (Lipinski definition) is 4. The van der Waals surface area contributed by atoms with Crippen LogP contribution >= 0.6 is 0 Å². The number of rotatable bonds is 10. The molecule has 30 heavy (non-hydrogen) atoms. The number of carbonyl (C=O) groups is 3. The van der Waals surface area contributed by atoms with Gasteiger partial charge in [0, 0.05) is 42.8 Å². The van der Waals surface area contributed by atoms with E-state index in [0.717, 1.165) is 12.0 Å². The standard InChI is InChI=1S/C21H31N5O4/c1-2-30-18(28)7-11-25-20(29)26-13-9-21(15-27,10-14-26)8-12-24-17-5-3-16(4-6-17)19(22)23/h3-6,15,24H,2,7-14H2,1H3,(H3,22,23)(H,25,29). The normalized spacial score (nSPS) is 15.2. The van der Waals surface area contributed by atoms with Gasteiger partial charge in [-0.1, -0.05) is 0 Å². The van der Waals surface area contributed by atoms with Crippen molar-refractivity contribution >= 4 is 29.8 Å². The van der Waals surface area contributed by atoms with Crippen molar-refractivity contribution in [2.24, 2.45) is 11.1 Å². The minimum atomic E-state index is -0.450. The number of esters is 1. The minimum Gasteiger partial charge on any atom is -0.466 e. The smallest absolute Gasteiger partial charge is 0.317 e. The lowest BCUT2D eigenvalue weighted by Gasteiger charge is -2.38. The topological polar surface area (TPSA) is 138 Å². The highest BCUT2D eigenvalue weighted by atomic mass is 16.5. The molecule has 164 valence electrons. The first-order valence-corrected chi connectivity index (χ1v) is 10.2. The summed E-state index contributed by atoms with van der Waals surface area (Å²) in [4.78, 5) is 37.1. The lowest BCUT2D eigenvalue weighted by atomic mass is 9.77. The van der Waals surface area contributed by atoms with Crippen molar-refractivity contribution in [2.45, 2.75) is 32.6 Å². The van der Waals surface area contributed by atoms with E-state index in [1.165, 1.54) is 0 Å². The number of amidine groups is 1. The molecule has 0 atom stereocenters. The summed E-state index contributed by atoms with van der Waals surface area (Å²) in [5, 5.41) is 13.4. The number of nitrogens with two attached hydrogens (primary N) is 1. The van der Waals surface area contributed by atoms with E-state index in [1.807, 2.05) is 12.1 Å². The van der Waals surface area contributed by atoms with Gasteiger partial charge in [-0.3, -0.25) is 10.2 Å². The number of amides is 2. The zero-order valence-electron chi connectivity index (χ0n) is 17.4. The number of urea groups is 1. The molecule has 1 aromatic carbocycles. The molecule has 0 unspecified atom stereocenters. The van der Waals surface area contributed by atoms with Crippen LogP contribution in [0.15, 0.2) is 24.3 Å². The zero-order valence-corrected chi connectivity index (χ0v) is 17.4. The second-order valence-electron chi connectivity index (χ2n) is 7.42. The third kappa shape index (κ3) is 6.75. The summed E-state index contributed by atoms with van der Waals surface area (Å²) in [7, 11) is 0. The van der Waals surface area contributed by atoms with Crippen molar-refractivity contribution in [3.63, 3.8) is 0 Å². The highest BCUT2D eigenvalue weighted by Gasteiger charge is 2.35. The first kappa shape index (κ1) is 23.2. The number of piperidine rings is 1. The van der Waals surface area contributed by atoms with E-state index in [1.54, 1.807) is 24.0 Å². The second-order valence-corrected chi connectivity index (χ2v) is 7.42. The molecule has 1 saturated heterocycles. The number of hydrogen-bond acceptors (Lipinski definition) is 6. The molecule has 0 bridgehead atoms. The monoisotopic (exact) mass is 417 g/mol. The largest absolute Gasteiger partial charge is 0.466 e. The predicted molar refractivity (Wildman–Crippen MR) is 115 cm³/mol. The summed E-state index contributed by atoms with van der Waals surface area (Å²) >= 11 is 0. The Labute approximate surface area is 176 Å². The fourth-order valence-corrected chi connectivity index (χ4v) is 3.42. The maximum Gasteiger partial charge on any atom is 0.317 e. The van der Waals surface area contributed by atoms with Gasteiger partial charge >= 0.3 is 12.0 Å². The van der Waals surface area contributed by atoms with Crippen LogP contribution in [0.2, 0.25) is 0 Å². The van der Waals surface area contributed by atoms with Crippen LogP contribution in [0.1, 0.15) is 38.2 Å². The molecular formula is C21H31N5O4. The summed E-state index contributed by atoms with van der Waals surface area (Å²) < 4.78 is 4.83. The molecule has 0 radical (unpaired) electrons. The van der Waals surface area contributed by atoms with E-state index in [9.17, 15) is 14.4 Å². The number of benzene rings is 1. The van der Waals surface area contributed by atoms with E-state index >= 15 is 0 Å². The number of likely N-dealkylation sites (tertiary alicyclic amines) is 1. The Morgan fingerprint density at radius 2 is 1.90 bits per heavy atom. The SMILES string of the molecule is CCOC(=O)CCNC(=O)N1CCC(C=O)(CCNc2ccc(C(=N)N)cc2)CC1. The van der Waals surface area contributed by atoms with Crippen LogP contribution in [-0.4, -0.2) is 61.8 Å². The van der Waals surface area contributed by atoms with Gasteiger partial charge in [0.1, 0.15) is 12.1 Å². The summed E-state index contributed by atoms with van der Waals surface area (Å²) in [6.45, 7) is 3.92. The van der Waals surface area contributed by atoms with Crippen molar-refractivity contribution in [2.75, 3.05) is 38.1 Å². The number of carbonyl (C=O) groups excluding carboxylic acids is 3. The van der Waals surface area contributed by atoms with Crippen LogP contribution in [-0.2, 0) is 14.3 Å². The molecule has 1 aromatic rings. The van der Waals surface area contributed by atoms with Gasteiger partial charge in [0.25, 0.3) is 0 Å². The van der Waals surface area contributed by atoms with Crippen LogP contribution in [0.25, 0.3) is 0 Å². The molecule has 2 rings (SSSR count). The third-order valence-corrected chi connectivity index (χ3v) is 5.36. The summed E-state index contributed by atoms with van der Waals surface area (Å²) in [5.74, 6) is -0.307. The van der Waals surface area contributed by atoms with Crippen LogP contribution in [0, 0.1) is 10.8 Å². The average Bonchev–Trinajstić information content (AvgIpc) is 2.74. The third-order valence-electron chi connectivity index (χ3n) is 5.36. The van der Waals surface area contributed by atoms with Gasteiger partial charge in [-0.15, -0.1) is 0 Å². The molecule has 9 heteroatoms. The van der Waals surface area contributed by atoms with Gasteiger partial charge in [-0.25, -0.2) is 4.79 Å². The van der Waals surface area contributed by atoms with Crippen molar-refractivity contribution in [1.82, 2.24) is 10.2 Å². The second kappa shape index (κ2) is 11.2. The van der Waals surface area contributed by atoms with Crippen LogP contribution < -0.4 is 16.4 Å². The van der Waals surface area contributed by atoms with E-state index in [0.29, 0.717) is 51.1 Å². The van der Waals surface area contributed by atoms with Gasteiger partial charge in [-0.05, 0) is 50.5 Å². The highest BCUT2D eigenvalue weighted by Crippen LogP contribution is 2.33. The Kier molecular flexibility index (Phi) is 8.64. The van der Waals surface area contributed by atoms with Gasteiger partial charge in [-0.2, -0.15) is 0 Å². The van der Waals surface area contributed by atoms with E-state index < -0.39 is 5.41 Å². The molecule has 1 aliphatic rings. The molecule has 2 amide bonds. The Morgan fingerprint density at radius 1 is 1.23 bits per heavy atom. The molecule has 0 saturated carbocycles. The number of nitrogens with zero attached hydrogens (tertiary/aromatic N) is 1. The number of nitrogens with one attached hydrogen (secondary N) is 3. The molecule has 0 aromatic heterocycles. The van der Waals surface area contributed by atoms with Crippen molar-refractivity contribution in [3.05, 3.63) is 29.8 Å². The van der Waals surface area contributed by atoms with Crippen LogP contribution in [0.4, 0.5) is 10.5 Å². The number of anilines is 1. The Morgan fingerprint density at radius 3 is 2.47 bits per heavy atom. The molecule has 5 N–H and O–H groups in total. The first-order chi connectivity index (χ1) is 14.4. The maximum absolute atomic E-state index is 12.2. The first-order valence-electron chi connectivity index (χ1n) is 10.2. The van der Waals surface area contributed by atoms with Gasteiger partial charge in [0.15, 0.2) is 0 Å². The fraction of sp³-hybridized carbons (Fsp3) is 0.524. The quantitative estimate of drug-likeness (QED) is 0.198. The summed E-state index contributed by atoms with van der Waals surface area (Å²) in [5.41, 5.74) is 6.57. The lowest BCUT2D eigenvalue weighted by Crippen LogP contribution is -2.48. The summed E-state index contributed by atoms with van der Waals surface area (Å²) in [6.07, 6.45) is 3.04. The minimum absolute atomic E-state index is 0.0261. The predicted octanol–water partition coefficient (Wildman–Crippen LogP) is 1.72. The molecule has 1 heterocycles. The molecule has 1 fully saturated rings. The number of ether oxygens (including phenoxy) is 1. The fourth-order valence-electron chi connectivity index (χ4n) is 3.42. The molecular weight excluding hydrogens is 386 g/mol. The van der Waals surface area contributed by atoms with Crippen LogP contribution in [0.5, 0.6) is 0 Å². The maximum atomic E-state index is 12.2. The summed E-state index contributed by atoms with van der Waals surface area (Å²) in [6, 6.07) is 7.04. The van der Waals surface area contributed by atoms with Crippen molar-refractivity contribution in [3.8, 4) is 0 Å². The van der Waals surface area contributed by atoms with Gasteiger partial charge in [0.2, 0.25) is 0 Å². The molecule has 0 aliphatic carbocycles. The van der Waals surface area contributed by atoms with E-state index in [-0.39, 0.29) is 30.8 Å². The van der Waals surface area contributed by atoms with Gasteiger partial charge < -0.3 is 30.8 Å². The van der Waals surface area contributed by atoms with Crippen molar-refractivity contribution in [1.29, 1.82) is 5.41 Å². The molecule has 9 nitrogen and oxygen atoms in total.